The van der Waals surface area contributed by atoms with E-state index in [1.54, 1.807) is 6.07 Å². The number of benzene rings is 2. The zero-order chi connectivity index (χ0) is 14.5. The minimum absolute atomic E-state index is 0.137. The Bertz CT molecular complexity index is 605. The van der Waals surface area contributed by atoms with Crippen LogP contribution in [0.25, 0.3) is 0 Å². The van der Waals surface area contributed by atoms with Gasteiger partial charge in [-0.2, -0.15) is 0 Å². The van der Waals surface area contributed by atoms with Crippen LogP contribution in [-0.2, 0) is 6.42 Å². The van der Waals surface area contributed by atoms with Gasteiger partial charge in [-0.1, -0.05) is 30.3 Å². The van der Waals surface area contributed by atoms with E-state index in [9.17, 15) is 9.90 Å². The van der Waals surface area contributed by atoms with Gasteiger partial charge in [0.25, 0.3) is 0 Å². The number of ether oxygens (including phenoxy) is 2. The number of carbonyl (C=O) groups is 1. The minimum atomic E-state index is -0.201. The molecule has 0 amide bonds. The maximum absolute atomic E-state index is 12.3. The lowest BCUT2D eigenvalue weighted by Gasteiger charge is -2.11. The SMILES string of the molecule is COc1cc(O)c(C(=O)Cc2ccccc2)c(OC)c1. The topological polar surface area (TPSA) is 55.8 Å². The quantitative estimate of drug-likeness (QED) is 0.850. The molecule has 0 aromatic heterocycles. The van der Waals surface area contributed by atoms with Gasteiger partial charge >= 0.3 is 0 Å². The molecular weight excluding hydrogens is 256 g/mol. The fraction of sp³-hybridized carbons (Fsp3) is 0.188. The van der Waals surface area contributed by atoms with E-state index in [4.69, 9.17) is 9.47 Å². The van der Waals surface area contributed by atoms with Gasteiger partial charge in [0, 0.05) is 18.6 Å². The largest absolute Gasteiger partial charge is 0.507 e. The van der Waals surface area contributed by atoms with Crippen molar-refractivity contribution in [3.63, 3.8) is 0 Å². The van der Waals surface area contributed by atoms with Crippen molar-refractivity contribution in [2.45, 2.75) is 6.42 Å². The Kier molecular flexibility index (Phi) is 4.25. The first-order chi connectivity index (χ1) is 9.65. The lowest BCUT2D eigenvalue weighted by atomic mass is 10.0. The van der Waals surface area contributed by atoms with Crippen molar-refractivity contribution in [1.29, 1.82) is 0 Å². The average Bonchev–Trinajstić information content (AvgIpc) is 2.47. The van der Waals surface area contributed by atoms with E-state index in [0.717, 1.165) is 5.56 Å². The van der Waals surface area contributed by atoms with Gasteiger partial charge in [0.05, 0.1) is 14.2 Å². The molecule has 0 bridgehead atoms. The monoisotopic (exact) mass is 272 g/mol. The molecule has 0 aliphatic heterocycles. The maximum atomic E-state index is 12.3. The molecule has 1 N–H and O–H groups in total. The molecule has 0 aliphatic rings. The molecular formula is C16H16O4. The van der Waals surface area contributed by atoms with Crippen molar-refractivity contribution in [3.8, 4) is 17.2 Å². The first kappa shape index (κ1) is 13.9. The van der Waals surface area contributed by atoms with E-state index in [-0.39, 0.29) is 23.5 Å². The smallest absolute Gasteiger partial charge is 0.174 e. The molecule has 0 saturated heterocycles. The lowest BCUT2D eigenvalue weighted by Crippen LogP contribution is -2.06. The molecule has 2 rings (SSSR count). The van der Waals surface area contributed by atoms with Crippen LogP contribution in [0, 0.1) is 0 Å². The van der Waals surface area contributed by atoms with E-state index in [0.29, 0.717) is 11.5 Å². The number of hydrogen-bond donors (Lipinski definition) is 1. The van der Waals surface area contributed by atoms with Crippen LogP contribution < -0.4 is 9.47 Å². The molecule has 2 aromatic carbocycles. The Hall–Kier alpha value is -2.49. The van der Waals surface area contributed by atoms with Gasteiger partial charge in [-0.15, -0.1) is 0 Å². The minimum Gasteiger partial charge on any atom is -0.507 e. The highest BCUT2D eigenvalue weighted by atomic mass is 16.5. The van der Waals surface area contributed by atoms with Gasteiger partial charge in [-0.3, -0.25) is 4.79 Å². The summed E-state index contributed by atoms with van der Waals surface area (Å²) in [5.74, 6) is 0.411. The van der Waals surface area contributed by atoms with Gasteiger partial charge in [0.1, 0.15) is 22.8 Å². The summed E-state index contributed by atoms with van der Waals surface area (Å²) < 4.78 is 10.2. The van der Waals surface area contributed by atoms with Crippen LogP contribution in [-0.4, -0.2) is 25.1 Å². The molecule has 0 fully saturated rings. The van der Waals surface area contributed by atoms with E-state index in [1.807, 2.05) is 30.3 Å². The molecule has 20 heavy (non-hydrogen) atoms. The number of ketones is 1. The second-order valence-corrected chi connectivity index (χ2v) is 4.31. The third kappa shape index (κ3) is 2.91. The third-order valence-corrected chi connectivity index (χ3v) is 3.00. The summed E-state index contributed by atoms with van der Waals surface area (Å²) >= 11 is 0. The summed E-state index contributed by atoms with van der Waals surface area (Å²) in [6.07, 6.45) is 0.205. The summed E-state index contributed by atoms with van der Waals surface area (Å²) in [5, 5.41) is 10.0. The molecule has 2 aromatic rings. The van der Waals surface area contributed by atoms with Gasteiger partial charge in [-0.25, -0.2) is 0 Å². The molecule has 0 aliphatic carbocycles. The van der Waals surface area contributed by atoms with Crippen molar-refractivity contribution in [2.75, 3.05) is 14.2 Å². The van der Waals surface area contributed by atoms with Gasteiger partial charge in [-0.05, 0) is 5.56 Å². The number of aromatic hydroxyl groups is 1. The zero-order valence-electron chi connectivity index (χ0n) is 11.4. The fourth-order valence-corrected chi connectivity index (χ4v) is 2.00. The number of rotatable bonds is 5. The summed E-state index contributed by atoms with van der Waals surface area (Å²) in [6.45, 7) is 0. The normalized spacial score (nSPS) is 10.1. The summed E-state index contributed by atoms with van der Waals surface area (Å²) in [7, 11) is 2.94. The zero-order valence-corrected chi connectivity index (χ0v) is 11.4. The summed E-state index contributed by atoms with van der Waals surface area (Å²) in [4.78, 5) is 12.3. The fourth-order valence-electron chi connectivity index (χ4n) is 2.00. The first-order valence-corrected chi connectivity index (χ1v) is 6.17. The summed E-state index contributed by atoms with van der Waals surface area (Å²) in [5.41, 5.74) is 1.06. The Morgan fingerprint density at radius 3 is 2.40 bits per heavy atom. The Morgan fingerprint density at radius 2 is 1.80 bits per heavy atom. The second kappa shape index (κ2) is 6.10. The molecule has 104 valence electrons. The highest BCUT2D eigenvalue weighted by Crippen LogP contribution is 2.34. The predicted molar refractivity (Wildman–Crippen MR) is 75.7 cm³/mol. The number of hydrogen-bond acceptors (Lipinski definition) is 4. The van der Waals surface area contributed by atoms with Crippen LogP contribution in [0.3, 0.4) is 0 Å². The standard InChI is InChI=1S/C16H16O4/c1-19-12-9-14(18)16(15(10-12)20-2)13(17)8-11-6-4-3-5-7-11/h3-7,9-10,18H,8H2,1-2H3. The average molecular weight is 272 g/mol. The van der Waals surface area contributed by atoms with Crippen LogP contribution in [0.1, 0.15) is 15.9 Å². The molecule has 0 saturated carbocycles. The number of phenolic OH excluding ortho intramolecular Hbond substituents is 1. The van der Waals surface area contributed by atoms with Crippen molar-refractivity contribution >= 4 is 5.78 Å². The van der Waals surface area contributed by atoms with E-state index in [1.165, 1.54) is 20.3 Å². The number of carbonyl (C=O) groups excluding carboxylic acids is 1. The van der Waals surface area contributed by atoms with Crippen LogP contribution in [0.4, 0.5) is 0 Å². The van der Waals surface area contributed by atoms with E-state index < -0.39 is 0 Å². The molecule has 0 radical (unpaired) electrons. The van der Waals surface area contributed by atoms with E-state index in [2.05, 4.69) is 0 Å². The highest BCUT2D eigenvalue weighted by Gasteiger charge is 2.19. The molecule has 0 spiro atoms. The van der Waals surface area contributed by atoms with Crippen molar-refractivity contribution in [1.82, 2.24) is 0 Å². The first-order valence-electron chi connectivity index (χ1n) is 6.17. The Balaban J connectivity index is 2.34. The van der Waals surface area contributed by atoms with Crippen molar-refractivity contribution in [3.05, 3.63) is 53.6 Å². The lowest BCUT2D eigenvalue weighted by molar-refractivity contribution is 0.0987. The van der Waals surface area contributed by atoms with Crippen molar-refractivity contribution in [2.24, 2.45) is 0 Å². The molecule has 0 unspecified atom stereocenters. The van der Waals surface area contributed by atoms with Crippen LogP contribution in [0.15, 0.2) is 42.5 Å². The molecule has 4 nitrogen and oxygen atoms in total. The van der Waals surface area contributed by atoms with Crippen molar-refractivity contribution < 1.29 is 19.4 Å². The number of phenols is 1. The predicted octanol–water partition coefficient (Wildman–Crippen LogP) is 2.83. The third-order valence-electron chi connectivity index (χ3n) is 3.00. The molecule has 0 heterocycles. The second-order valence-electron chi connectivity index (χ2n) is 4.31. The Labute approximate surface area is 117 Å². The van der Waals surface area contributed by atoms with Gasteiger partial charge in [0.2, 0.25) is 0 Å². The van der Waals surface area contributed by atoms with Crippen LogP contribution >= 0.6 is 0 Å². The van der Waals surface area contributed by atoms with Gasteiger partial charge in [0.15, 0.2) is 5.78 Å². The number of methoxy groups -OCH3 is 2. The molecule has 0 atom stereocenters. The highest BCUT2D eigenvalue weighted by molar-refractivity contribution is 6.02. The Morgan fingerprint density at radius 1 is 1.10 bits per heavy atom. The summed E-state index contributed by atoms with van der Waals surface area (Å²) in [6, 6.07) is 12.3. The number of Topliss-reactive ketones (excluding diaryl/α,β-unsaturated/α-hetero) is 1. The molecule has 4 heteroatoms. The maximum Gasteiger partial charge on any atom is 0.174 e. The van der Waals surface area contributed by atoms with Crippen LogP contribution in [0.5, 0.6) is 17.2 Å². The van der Waals surface area contributed by atoms with Crippen LogP contribution in [0.2, 0.25) is 0 Å². The van der Waals surface area contributed by atoms with E-state index >= 15 is 0 Å². The van der Waals surface area contributed by atoms with Gasteiger partial charge < -0.3 is 14.6 Å².